The zero-order valence-corrected chi connectivity index (χ0v) is 22.4. The molecule has 0 aliphatic carbocycles. The second-order valence-electron chi connectivity index (χ2n) is 10.1. The number of hydrogen-bond acceptors (Lipinski definition) is 7. The van der Waals surface area contributed by atoms with Crippen molar-refractivity contribution in [3.05, 3.63) is 41.6 Å². The molecular formula is C26H31ClN6O4. The van der Waals surface area contributed by atoms with E-state index in [2.05, 4.69) is 27.1 Å². The van der Waals surface area contributed by atoms with Gasteiger partial charge in [-0.3, -0.25) is 4.79 Å². The van der Waals surface area contributed by atoms with Crippen LogP contribution in [0.15, 0.2) is 35.5 Å². The second-order valence-corrected chi connectivity index (χ2v) is 10.6. The third-order valence-corrected chi connectivity index (χ3v) is 6.29. The highest BCUT2D eigenvalue weighted by atomic mass is 35.5. The molecule has 10 nitrogen and oxygen atoms in total. The lowest BCUT2D eigenvalue weighted by Crippen LogP contribution is -2.42. The van der Waals surface area contributed by atoms with Gasteiger partial charge in [-0.05, 0) is 58.2 Å². The highest BCUT2D eigenvalue weighted by Crippen LogP contribution is 2.35. The first-order valence-electron chi connectivity index (χ1n) is 12.1. The summed E-state index contributed by atoms with van der Waals surface area (Å²) in [6.07, 6.45) is 2.63. The van der Waals surface area contributed by atoms with Gasteiger partial charge < -0.3 is 19.5 Å². The lowest BCUT2D eigenvalue weighted by molar-refractivity contribution is -0.114. The van der Waals surface area contributed by atoms with E-state index in [1.54, 1.807) is 27.9 Å². The molecule has 1 saturated heterocycles. The minimum Gasteiger partial charge on any atom is -0.444 e. The molecule has 0 atom stereocenters. The molecule has 0 unspecified atom stereocenters. The van der Waals surface area contributed by atoms with Gasteiger partial charge in [-0.1, -0.05) is 29.4 Å². The van der Waals surface area contributed by atoms with Crippen LogP contribution in [0.3, 0.4) is 0 Å². The first-order valence-corrected chi connectivity index (χ1v) is 12.4. The van der Waals surface area contributed by atoms with Crippen molar-refractivity contribution >= 4 is 35.1 Å². The first-order chi connectivity index (χ1) is 17.4. The van der Waals surface area contributed by atoms with E-state index < -0.39 is 5.60 Å². The molecule has 37 heavy (non-hydrogen) atoms. The van der Waals surface area contributed by atoms with E-state index in [0.29, 0.717) is 53.9 Å². The number of nitrogens with one attached hydrogen (secondary N) is 1. The quantitative estimate of drug-likeness (QED) is 0.457. The lowest BCUT2D eigenvalue weighted by atomic mass is 9.94. The van der Waals surface area contributed by atoms with Gasteiger partial charge in [0.05, 0.1) is 11.8 Å². The van der Waals surface area contributed by atoms with Gasteiger partial charge >= 0.3 is 6.09 Å². The van der Waals surface area contributed by atoms with Crippen LogP contribution in [-0.2, 0) is 9.53 Å². The van der Waals surface area contributed by atoms with Crippen LogP contribution < -0.4 is 5.32 Å². The van der Waals surface area contributed by atoms with Gasteiger partial charge in [-0.2, -0.15) is 10.1 Å². The number of anilines is 1. The molecule has 1 aliphatic heterocycles. The molecule has 1 aromatic carbocycles. The largest absolute Gasteiger partial charge is 0.444 e. The summed E-state index contributed by atoms with van der Waals surface area (Å²) in [5, 5.41) is 12.0. The van der Waals surface area contributed by atoms with Crippen molar-refractivity contribution in [1.29, 1.82) is 0 Å². The van der Waals surface area contributed by atoms with Crippen LogP contribution in [0.25, 0.3) is 28.5 Å². The molecule has 11 heteroatoms. The SMILES string of the molecule is C=C(C1CCN(C(=O)OC(C)(C)C)CC1)n1ncc(-c2noc(-c3cc(Cl)ccc3C)n2)c1NC(C)=O. The molecule has 0 saturated carbocycles. The van der Waals surface area contributed by atoms with Gasteiger partial charge in [0.2, 0.25) is 11.7 Å². The average Bonchev–Trinajstić information content (AvgIpc) is 3.46. The Morgan fingerprint density at radius 3 is 2.57 bits per heavy atom. The van der Waals surface area contributed by atoms with E-state index in [-0.39, 0.29) is 23.7 Å². The molecule has 2 amide bonds. The van der Waals surface area contributed by atoms with Crippen molar-refractivity contribution < 1.29 is 18.8 Å². The van der Waals surface area contributed by atoms with Crippen molar-refractivity contribution in [2.24, 2.45) is 5.92 Å². The van der Waals surface area contributed by atoms with Gasteiger partial charge in [0.25, 0.3) is 5.89 Å². The van der Waals surface area contributed by atoms with E-state index in [4.69, 9.17) is 20.9 Å². The number of allylic oxidation sites excluding steroid dienone is 1. The molecular weight excluding hydrogens is 496 g/mol. The summed E-state index contributed by atoms with van der Waals surface area (Å²) in [6, 6.07) is 5.43. The van der Waals surface area contributed by atoms with Gasteiger partial charge in [0.15, 0.2) is 0 Å². The van der Waals surface area contributed by atoms with Crippen molar-refractivity contribution in [2.75, 3.05) is 18.4 Å². The van der Waals surface area contributed by atoms with Crippen molar-refractivity contribution in [2.45, 2.75) is 53.1 Å². The number of halogens is 1. The van der Waals surface area contributed by atoms with Crippen molar-refractivity contribution in [1.82, 2.24) is 24.8 Å². The van der Waals surface area contributed by atoms with E-state index in [9.17, 15) is 9.59 Å². The summed E-state index contributed by atoms with van der Waals surface area (Å²) < 4.78 is 12.6. The summed E-state index contributed by atoms with van der Waals surface area (Å²) in [4.78, 5) is 30.7. The van der Waals surface area contributed by atoms with Crippen LogP contribution in [0.4, 0.5) is 10.6 Å². The molecule has 1 N–H and O–H groups in total. The van der Waals surface area contributed by atoms with E-state index in [1.165, 1.54) is 6.92 Å². The van der Waals surface area contributed by atoms with E-state index in [1.807, 2.05) is 33.8 Å². The van der Waals surface area contributed by atoms with Gasteiger partial charge in [0, 0.05) is 42.2 Å². The van der Waals surface area contributed by atoms with Crippen LogP contribution in [0, 0.1) is 12.8 Å². The number of aryl methyl sites for hydroxylation is 1. The number of carbonyl (C=O) groups excluding carboxylic acids is 2. The molecule has 0 radical (unpaired) electrons. The molecule has 0 bridgehead atoms. The van der Waals surface area contributed by atoms with E-state index >= 15 is 0 Å². The fourth-order valence-electron chi connectivity index (χ4n) is 4.18. The Bertz CT molecular complexity index is 1330. The standard InChI is InChI=1S/C26H31ClN6O4/c1-15-7-8-19(27)13-20(15)24-30-22(31-37-24)21-14-28-33(23(21)29-17(3)34)16(2)18-9-11-32(12-10-18)25(35)36-26(4,5)6/h7-8,13-14,18H,2,9-12H2,1,3-6H3,(H,29,34). The molecule has 196 valence electrons. The Labute approximate surface area is 220 Å². The van der Waals surface area contributed by atoms with Gasteiger partial charge in [-0.15, -0.1) is 0 Å². The summed E-state index contributed by atoms with van der Waals surface area (Å²) in [7, 11) is 0. The number of likely N-dealkylation sites (tertiary alicyclic amines) is 1. The third-order valence-electron chi connectivity index (χ3n) is 6.05. The molecule has 3 heterocycles. The number of hydrogen-bond donors (Lipinski definition) is 1. The molecule has 1 fully saturated rings. The third kappa shape index (κ3) is 6.02. The summed E-state index contributed by atoms with van der Waals surface area (Å²) in [5.41, 5.74) is 2.31. The Morgan fingerprint density at radius 2 is 1.92 bits per heavy atom. The number of piperidine rings is 1. The van der Waals surface area contributed by atoms with Crippen molar-refractivity contribution in [3.63, 3.8) is 0 Å². The predicted molar refractivity (Wildman–Crippen MR) is 141 cm³/mol. The minimum absolute atomic E-state index is 0.0499. The monoisotopic (exact) mass is 526 g/mol. The van der Waals surface area contributed by atoms with Gasteiger partial charge in [0.1, 0.15) is 11.4 Å². The van der Waals surface area contributed by atoms with Crippen LogP contribution in [0.1, 0.15) is 46.1 Å². The Hall–Kier alpha value is -3.66. The molecule has 3 aromatic rings. The number of benzene rings is 1. The average molecular weight is 527 g/mol. The number of amides is 2. The number of aromatic nitrogens is 4. The van der Waals surface area contributed by atoms with E-state index in [0.717, 1.165) is 11.1 Å². The maximum atomic E-state index is 12.4. The Balaban J connectivity index is 1.56. The number of rotatable bonds is 5. The van der Waals surface area contributed by atoms with Crippen LogP contribution in [-0.4, -0.2) is 55.5 Å². The summed E-state index contributed by atoms with van der Waals surface area (Å²) >= 11 is 6.15. The molecule has 1 aliphatic rings. The first kappa shape index (κ1) is 26.4. The fraction of sp³-hybridized carbons (Fsp3) is 0.423. The number of ether oxygens (including phenoxy) is 1. The summed E-state index contributed by atoms with van der Waals surface area (Å²) in [5.74, 6) is 0.767. The smallest absolute Gasteiger partial charge is 0.410 e. The number of carbonyl (C=O) groups is 2. The molecule has 2 aromatic heterocycles. The predicted octanol–water partition coefficient (Wildman–Crippen LogP) is 5.64. The van der Waals surface area contributed by atoms with Crippen LogP contribution in [0.5, 0.6) is 0 Å². The second kappa shape index (κ2) is 10.4. The minimum atomic E-state index is -0.545. The Morgan fingerprint density at radius 1 is 1.22 bits per heavy atom. The lowest BCUT2D eigenvalue weighted by Gasteiger charge is -2.34. The normalized spacial score (nSPS) is 14.5. The van der Waals surface area contributed by atoms with Gasteiger partial charge in [-0.25, -0.2) is 9.48 Å². The maximum absolute atomic E-state index is 12.4. The zero-order chi connectivity index (χ0) is 26.9. The summed E-state index contributed by atoms with van der Waals surface area (Å²) in [6.45, 7) is 14.2. The fourth-order valence-corrected chi connectivity index (χ4v) is 4.35. The van der Waals surface area contributed by atoms with Crippen LogP contribution in [0.2, 0.25) is 5.02 Å². The van der Waals surface area contributed by atoms with Crippen LogP contribution >= 0.6 is 11.6 Å². The zero-order valence-electron chi connectivity index (χ0n) is 21.7. The molecule has 4 rings (SSSR count). The maximum Gasteiger partial charge on any atom is 0.410 e. The Kier molecular flexibility index (Phi) is 7.40. The highest BCUT2D eigenvalue weighted by Gasteiger charge is 2.30. The van der Waals surface area contributed by atoms with Crippen molar-refractivity contribution in [3.8, 4) is 22.8 Å². The topological polar surface area (TPSA) is 115 Å². The molecule has 0 spiro atoms. The number of nitrogens with zero attached hydrogens (tertiary/aromatic N) is 5. The highest BCUT2D eigenvalue weighted by molar-refractivity contribution is 6.30.